The van der Waals surface area contributed by atoms with Crippen LogP contribution in [0, 0.1) is 0 Å². The summed E-state index contributed by atoms with van der Waals surface area (Å²) in [6, 6.07) is 8.77. The standard InChI is InChI=1S/C19H23N5O3/c1-27-16-12-15(22-19(20)23-16)13-5-7-14(8-6-13)18(26)21-9-3-11-24-10-2-4-17(24)25/h5-8,12H,2-4,9-11H2,1H3,(H,21,26)(H2,20,22,23). The number of nitrogen functional groups attached to an aromatic ring is 1. The molecule has 0 radical (unpaired) electrons. The quantitative estimate of drug-likeness (QED) is 0.715. The number of carbonyl (C=O) groups is 2. The Morgan fingerprint density at radius 1 is 1.30 bits per heavy atom. The van der Waals surface area contributed by atoms with Gasteiger partial charge in [-0.25, -0.2) is 4.98 Å². The SMILES string of the molecule is COc1cc(-c2ccc(C(=O)NCCCN3CCCC3=O)cc2)nc(N)n1. The highest BCUT2D eigenvalue weighted by Crippen LogP contribution is 2.22. The van der Waals surface area contributed by atoms with Crippen LogP contribution in [0.5, 0.6) is 5.88 Å². The van der Waals surface area contributed by atoms with Gasteiger partial charge in [0, 0.05) is 43.2 Å². The van der Waals surface area contributed by atoms with Gasteiger partial charge in [-0.1, -0.05) is 12.1 Å². The number of nitrogens with two attached hydrogens (primary N) is 1. The number of rotatable bonds is 7. The average Bonchev–Trinajstić information content (AvgIpc) is 3.09. The Morgan fingerprint density at radius 2 is 2.07 bits per heavy atom. The molecule has 8 nitrogen and oxygen atoms in total. The van der Waals surface area contributed by atoms with Crippen molar-refractivity contribution >= 4 is 17.8 Å². The molecule has 2 amide bonds. The van der Waals surface area contributed by atoms with Gasteiger partial charge in [-0.15, -0.1) is 0 Å². The van der Waals surface area contributed by atoms with Crippen LogP contribution in [0.3, 0.4) is 0 Å². The molecule has 2 aromatic rings. The zero-order valence-electron chi connectivity index (χ0n) is 15.3. The predicted molar refractivity (Wildman–Crippen MR) is 101 cm³/mol. The maximum absolute atomic E-state index is 12.3. The number of hydrogen-bond acceptors (Lipinski definition) is 6. The minimum absolute atomic E-state index is 0.127. The predicted octanol–water partition coefficient (Wildman–Crippen LogP) is 1.48. The van der Waals surface area contributed by atoms with Crippen molar-refractivity contribution < 1.29 is 14.3 Å². The lowest BCUT2D eigenvalue weighted by Gasteiger charge is -2.15. The van der Waals surface area contributed by atoms with Crippen LogP contribution < -0.4 is 15.8 Å². The molecule has 8 heteroatoms. The fraction of sp³-hybridized carbons (Fsp3) is 0.368. The van der Waals surface area contributed by atoms with E-state index in [9.17, 15) is 9.59 Å². The number of amides is 2. The van der Waals surface area contributed by atoms with Gasteiger partial charge in [0.05, 0.1) is 12.8 Å². The van der Waals surface area contributed by atoms with Gasteiger partial charge >= 0.3 is 0 Å². The number of carbonyl (C=O) groups excluding carboxylic acids is 2. The highest BCUT2D eigenvalue weighted by Gasteiger charge is 2.19. The van der Waals surface area contributed by atoms with Gasteiger partial charge in [-0.3, -0.25) is 9.59 Å². The van der Waals surface area contributed by atoms with Crippen LogP contribution in [0.15, 0.2) is 30.3 Å². The number of aromatic nitrogens is 2. The third-order valence-electron chi connectivity index (χ3n) is 4.43. The summed E-state index contributed by atoms with van der Waals surface area (Å²) in [6.45, 7) is 2.05. The number of ether oxygens (including phenoxy) is 1. The summed E-state index contributed by atoms with van der Waals surface area (Å²) in [5, 5.41) is 2.88. The number of nitrogens with one attached hydrogen (secondary N) is 1. The summed E-state index contributed by atoms with van der Waals surface area (Å²) in [7, 11) is 1.51. The van der Waals surface area contributed by atoms with E-state index in [1.807, 2.05) is 4.90 Å². The van der Waals surface area contributed by atoms with Crippen LogP contribution in [-0.2, 0) is 4.79 Å². The van der Waals surface area contributed by atoms with Gasteiger partial charge in [-0.05, 0) is 25.0 Å². The molecule has 1 saturated heterocycles. The molecule has 27 heavy (non-hydrogen) atoms. The van der Waals surface area contributed by atoms with Gasteiger partial charge < -0.3 is 20.7 Å². The van der Waals surface area contributed by atoms with Crippen molar-refractivity contribution in [3.63, 3.8) is 0 Å². The van der Waals surface area contributed by atoms with Crippen molar-refractivity contribution in [1.29, 1.82) is 0 Å². The van der Waals surface area contributed by atoms with Crippen molar-refractivity contribution in [2.75, 3.05) is 32.5 Å². The topological polar surface area (TPSA) is 110 Å². The number of benzene rings is 1. The molecule has 0 bridgehead atoms. The third kappa shape index (κ3) is 4.72. The van der Waals surface area contributed by atoms with E-state index in [-0.39, 0.29) is 17.8 Å². The number of hydrogen-bond donors (Lipinski definition) is 2. The zero-order valence-corrected chi connectivity index (χ0v) is 15.3. The van der Waals surface area contributed by atoms with Gasteiger partial charge in [0.1, 0.15) is 0 Å². The lowest BCUT2D eigenvalue weighted by molar-refractivity contribution is -0.127. The van der Waals surface area contributed by atoms with Crippen LogP contribution >= 0.6 is 0 Å². The minimum atomic E-state index is -0.144. The van der Waals surface area contributed by atoms with Crippen LogP contribution in [0.4, 0.5) is 5.95 Å². The summed E-state index contributed by atoms with van der Waals surface area (Å²) in [4.78, 5) is 33.8. The lowest BCUT2D eigenvalue weighted by Crippen LogP contribution is -2.30. The molecule has 1 aromatic carbocycles. The van der Waals surface area contributed by atoms with E-state index in [1.54, 1.807) is 30.3 Å². The molecule has 0 aliphatic carbocycles. The highest BCUT2D eigenvalue weighted by molar-refractivity contribution is 5.94. The van der Waals surface area contributed by atoms with Crippen LogP contribution in [-0.4, -0.2) is 53.4 Å². The molecule has 1 aliphatic heterocycles. The van der Waals surface area contributed by atoms with Gasteiger partial charge in [0.25, 0.3) is 5.91 Å². The maximum Gasteiger partial charge on any atom is 0.251 e. The van der Waals surface area contributed by atoms with Crippen LogP contribution in [0.25, 0.3) is 11.3 Å². The summed E-state index contributed by atoms with van der Waals surface area (Å²) >= 11 is 0. The Balaban J connectivity index is 1.54. The zero-order chi connectivity index (χ0) is 19.2. The number of likely N-dealkylation sites (tertiary alicyclic amines) is 1. The van der Waals surface area contributed by atoms with E-state index in [2.05, 4.69) is 15.3 Å². The van der Waals surface area contributed by atoms with Gasteiger partial charge in [-0.2, -0.15) is 4.98 Å². The van der Waals surface area contributed by atoms with E-state index in [1.165, 1.54) is 7.11 Å². The molecule has 1 aliphatic rings. The average molecular weight is 369 g/mol. The molecule has 0 spiro atoms. The third-order valence-corrected chi connectivity index (χ3v) is 4.43. The van der Waals surface area contributed by atoms with Gasteiger partial charge in [0.15, 0.2) is 0 Å². The van der Waals surface area contributed by atoms with E-state index in [0.29, 0.717) is 36.6 Å². The fourth-order valence-corrected chi connectivity index (χ4v) is 3.00. The van der Waals surface area contributed by atoms with Crippen molar-refractivity contribution in [3.05, 3.63) is 35.9 Å². The van der Waals surface area contributed by atoms with E-state index < -0.39 is 0 Å². The summed E-state index contributed by atoms with van der Waals surface area (Å²) in [6.07, 6.45) is 2.32. The molecule has 0 saturated carbocycles. The van der Waals surface area contributed by atoms with Gasteiger partial charge in [0.2, 0.25) is 17.7 Å². The Bertz CT molecular complexity index is 823. The second kappa shape index (κ2) is 8.48. The molecule has 142 valence electrons. The number of anilines is 1. The smallest absolute Gasteiger partial charge is 0.251 e. The van der Waals surface area contributed by atoms with Crippen LogP contribution in [0.2, 0.25) is 0 Å². The normalized spacial score (nSPS) is 13.7. The first-order valence-corrected chi connectivity index (χ1v) is 8.92. The first-order chi connectivity index (χ1) is 13.1. The summed E-state index contributed by atoms with van der Waals surface area (Å²) in [5.41, 5.74) is 7.68. The summed E-state index contributed by atoms with van der Waals surface area (Å²) < 4.78 is 5.10. The maximum atomic E-state index is 12.3. The van der Waals surface area contributed by atoms with Crippen molar-refractivity contribution in [2.45, 2.75) is 19.3 Å². The summed E-state index contributed by atoms with van der Waals surface area (Å²) in [5.74, 6) is 0.575. The molecule has 1 aromatic heterocycles. The molecule has 2 heterocycles. The molecular formula is C19H23N5O3. The minimum Gasteiger partial charge on any atom is -0.481 e. The second-order valence-corrected chi connectivity index (χ2v) is 6.32. The molecule has 1 fully saturated rings. The van der Waals surface area contributed by atoms with Crippen molar-refractivity contribution in [2.24, 2.45) is 0 Å². The fourth-order valence-electron chi connectivity index (χ4n) is 3.00. The van der Waals surface area contributed by atoms with E-state index in [4.69, 9.17) is 10.5 Å². The van der Waals surface area contributed by atoms with Crippen molar-refractivity contribution in [1.82, 2.24) is 20.2 Å². The lowest BCUT2D eigenvalue weighted by atomic mass is 10.1. The monoisotopic (exact) mass is 369 g/mol. The largest absolute Gasteiger partial charge is 0.481 e. The molecule has 3 rings (SSSR count). The van der Waals surface area contributed by atoms with Crippen molar-refractivity contribution in [3.8, 4) is 17.1 Å². The Kier molecular flexibility index (Phi) is 5.85. The Hall–Kier alpha value is -3.16. The first-order valence-electron chi connectivity index (χ1n) is 8.92. The molecular weight excluding hydrogens is 346 g/mol. The second-order valence-electron chi connectivity index (χ2n) is 6.32. The first kappa shape index (κ1) is 18.6. The molecule has 0 atom stereocenters. The van der Waals surface area contributed by atoms with Crippen LogP contribution in [0.1, 0.15) is 29.6 Å². The number of methoxy groups -OCH3 is 1. The van der Waals surface area contributed by atoms with E-state index in [0.717, 1.165) is 24.9 Å². The Labute approximate surface area is 157 Å². The molecule has 3 N–H and O–H groups in total. The highest BCUT2D eigenvalue weighted by atomic mass is 16.5. The molecule has 0 unspecified atom stereocenters. The Morgan fingerprint density at radius 3 is 2.74 bits per heavy atom. The van der Waals surface area contributed by atoms with E-state index >= 15 is 0 Å². The number of nitrogens with zero attached hydrogens (tertiary/aromatic N) is 3.